The zero-order valence-electron chi connectivity index (χ0n) is 22.6. The van der Waals surface area contributed by atoms with Crippen molar-refractivity contribution in [2.24, 2.45) is 0 Å². The van der Waals surface area contributed by atoms with Crippen molar-refractivity contribution in [2.45, 2.75) is 0 Å². The number of para-hydroxylation sites is 2. The summed E-state index contributed by atoms with van der Waals surface area (Å²) in [7, 11) is 0. The average molecular weight is 582 g/mol. The van der Waals surface area contributed by atoms with Gasteiger partial charge in [0, 0.05) is 47.3 Å². The summed E-state index contributed by atoms with van der Waals surface area (Å²) in [6.45, 7) is 0. The third-order valence-corrected chi connectivity index (χ3v) is 11.0. The Hall–Kier alpha value is -5.46. The lowest BCUT2D eigenvalue weighted by atomic mass is 9.99. The summed E-state index contributed by atoms with van der Waals surface area (Å²) in [6, 6.07) is 44.8. The van der Waals surface area contributed by atoms with Crippen LogP contribution in [0.2, 0.25) is 0 Å². The van der Waals surface area contributed by atoms with Gasteiger partial charge in [-0.05, 0) is 60.2 Å². The summed E-state index contributed by atoms with van der Waals surface area (Å²) in [5, 5.41) is 26.5. The number of nitrogens with zero attached hydrogens (tertiary/aromatic N) is 3. The van der Waals surface area contributed by atoms with Gasteiger partial charge in [0.2, 0.25) is 0 Å². The SMILES string of the molecule is N#Cc1ccc(-c2ccc3sc4c(ccc5c6cc(C#N)ccc6sc54)c3c2)c(-n2c3ccccc3c3ccccc32)c1. The highest BCUT2D eigenvalue weighted by Crippen LogP contribution is 2.46. The van der Waals surface area contributed by atoms with Crippen molar-refractivity contribution in [1.82, 2.24) is 4.57 Å². The van der Waals surface area contributed by atoms with Gasteiger partial charge < -0.3 is 4.57 Å². The first-order valence-electron chi connectivity index (χ1n) is 14.0. The number of fused-ring (bicyclic) bond motifs is 10. The third kappa shape index (κ3) is 3.44. The van der Waals surface area contributed by atoms with Gasteiger partial charge in [0.1, 0.15) is 0 Å². The molecule has 0 spiro atoms. The van der Waals surface area contributed by atoms with E-state index < -0.39 is 0 Å². The maximum Gasteiger partial charge on any atom is 0.0992 e. The van der Waals surface area contributed by atoms with Crippen LogP contribution >= 0.6 is 22.7 Å². The molecule has 0 saturated heterocycles. The zero-order chi connectivity index (χ0) is 28.7. The fourth-order valence-electron chi connectivity index (χ4n) is 6.52. The minimum absolute atomic E-state index is 0.634. The number of benzene rings is 6. The lowest BCUT2D eigenvalue weighted by molar-refractivity contribution is 1.18. The highest BCUT2D eigenvalue weighted by atomic mass is 32.1. The van der Waals surface area contributed by atoms with E-state index in [1.54, 1.807) is 11.3 Å². The van der Waals surface area contributed by atoms with Gasteiger partial charge in [0.25, 0.3) is 0 Å². The highest BCUT2D eigenvalue weighted by Gasteiger charge is 2.18. The van der Waals surface area contributed by atoms with E-state index in [1.807, 2.05) is 35.6 Å². The Morgan fingerprint density at radius 2 is 1.05 bits per heavy atom. The van der Waals surface area contributed by atoms with Crippen LogP contribution in [0.15, 0.2) is 115 Å². The largest absolute Gasteiger partial charge is 0.309 e. The number of rotatable bonds is 2. The quantitative estimate of drug-likeness (QED) is 0.204. The summed E-state index contributed by atoms with van der Waals surface area (Å²) in [4.78, 5) is 0. The Balaban J connectivity index is 1.31. The average Bonchev–Trinajstić information content (AvgIpc) is 3.73. The predicted octanol–water partition coefficient (Wildman–Crippen LogP) is 10.9. The second-order valence-electron chi connectivity index (χ2n) is 10.8. The van der Waals surface area contributed by atoms with E-state index in [9.17, 15) is 10.5 Å². The normalized spacial score (nSPS) is 11.7. The molecular weight excluding hydrogens is 563 g/mol. The first-order chi connectivity index (χ1) is 21.2. The fraction of sp³-hybridized carbons (Fsp3) is 0. The standard InChI is InChI=1S/C38H19N3S2/c39-20-22-10-15-35-30(17-22)28-13-14-29-31-19-24(11-16-36(31)43-38(29)37(28)42-35)25-12-9-23(21-40)18-34(25)41-32-7-3-1-5-26(32)27-6-2-4-8-33(27)41/h1-19H. The van der Waals surface area contributed by atoms with Crippen LogP contribution in [0.25, 0.3) is 79.0 Å². The summed E-state index contributed by atoms with van der Waals surface area (Å²) in [6.07, 6.45) is 0. The van der Waals surface area contributed by atoms with Crippen molar-refractivity contribution in [3.63, 3.8) is 0 Å². The molecule has 9 aromatic rings. The van der Waals surface area contributed by atoms with Crippen molar-refractivity contribution < 1.29 is 0 Å². The van der Waals surface area contributed by atoms with E-state index in [4.69, 9.17) is 0 Å². The third-order valence-electron chi connectivity index (χ3n) is 8.46. The van der Waals surface area contributed by atoms with Crippen LogP contribution in [0.1, 0.15) is 11.1 Å². The molecule has 0 radical (unpaired) electrons. The van der Waals surface area contributed by atoms with Gasteiger partial charge in [0.05, 0.1) is 49.4 Å². The minimum Gasteiger partial charge on any atom is -0.309 e. The van der Waals surface area contributed by atoms with E-state index in [1.165, 1.54) is 45.7 Å². The van der Waals surface area contributed by atoms with Crippen molar-refractivity contribution >= 4 is 84.8 Å². The molecule has 0 aliphatic heterocycles. The van der Waals surface area contributed by atoms with Crippen LogP contribution in [0.5, 0.6) is 0 Å². The lowest BCUT2D eigenvalue weighted by Crippen LogP contribution is -1.98. The Kier molecular flexibility index (Phi) is 5.07. The fourth-order valence-corrected chi connectivity index (χ4v) is 9.02. The molecule has 0 atom stereocenters. The second-order valence-corrected chi connectivity index (χ2v) is 12.9. The molecule has 0 aliphatic carbocycles. The van der Waals surface area contributed by atoms with E-state index in [0.717, 1.165) is 33.2 Å². The summed E-state index contributed by atoms with van der Waals surface area (Å²) < 4.78 is 7.30. The Morgan fingerprint density at radius 1 is 0.488 bits per heavy atom. The maximum atomic E-state index is 9.88. The lowest BCUT2D eigenvalue weighted by Gasteiger charge is -2.15. The molecule has 3 nitrogen and oxygen atoms in total. The smallest absolute Gasteiger partial charge is 0.0992 e. The Labute approximate surface area is 254 Å². The summed E-state index contributed by atoms with van der Waals surface area (Å²) in [5.74, 6) is 0. The number of hydrogen-bond donors (Lipinski definition) is 0. The molecule has 0 unspecified atom stereocenters. The molecule has 3 aromatic heterocycles. The maximum absolute atomic E-state index is 9.88. The molecule has 3 heterocycles. The van der Waals surface area contributed by atoms with E-state index in [0.29, 0.717) is 11.1 Å². The van der Waals surface area contributed by atoms with Gasteiger partial charge in [0.15, 0.2) is 0 Å². The van der Waals surface area contributed by atoms with Gasteiger partial charge in [-0.25, -0.2) is 0 Å². The molecule has 0 N–H and O–H groups in total. The molecule has 198 valence electrons. The second kappa shape index (κ2) is 9.02. The molecule has 43 heavy (non-hydrogen) atoms. The molecule has 0 saturated carbocycles. The predicted molar refractivity (Wildman–Crippen MR) is 181 cm³/mol. The van der Waals surface area contributed by atoms with Crippen LogP contribution in [0.3, 0.4) is 0 Å². The van der Waals surface area contributed by atoms with E-state index in [-0.39, 0.29) is 0 Å². The molecule has 5 heteroatoms. The number of thiophene rings is 2. The van der Waals surface area contributed by atoms with Crippen molar-refractivity contribution in [2.75, 3.05) is 0 Å². The van der Waals surface area contributed by atoms with Crippen LogP contribution < -0.4 is 0 Å². The number of hydrogen-bond acceptors (Lipinski definition) is 4. The van der Waals surface area contributed by atoms with Crippen LogP contribution in [0.4, 0.5) is 0 Å². The highest BCUT2D eigenvalue weighted by molar-refractivity contribution is 7.33. The Morgan fingerprint density at radius 3 is 1.70 bits per heavy atom. The van der Waals surface area contributed by atoms with E-state index >= 15 is 0 Å². The topological polar surface area (TPSA) is 52.5 Å². The number of aromatic nitrogens is 1. The summed E-state index contributed by atoms with van der Waals surface area (Å²) in [5.41, 5.74) is 6.75. The molecule has 9 rings (SSSR count). The van der Waals surface area contributed by atoms with Gasteiger partial charge in [-0.2, -0.15) is 10.5 Å². The Bertz CT molecular complexity index is 2650. The van der Waals surface area contributed by atoms with Gasteiger partial charge in [-0.3, -0.25) is 0 Å². The van der Waals surface area contributed by atoms with Crippen LogP contribution in [-0.2, 0) is 0 Å². The van der Waals surface area contributed by atoms with Gasteiger partial charge in [-0.1, -0.05) is 60.7 Å². The summed E-state index contributed by atoms with van der Waals surface area (Å²) >= 11 is 3.63. The van der Waals surface area contributed by atoms with Crippen LogP contribution in [0, 0.1) is 22.7 Å². The first-order valence-corrected chi connectivity index (χ1v) is 15.6. The molecule has 0 fully saturated rings. The van der Waals surface area contributed by atoms with Crippen molar-refractivity contribution in [1.29, 1.82) is 10.5 Å². The van der Waals surface area contributed by atoms with E-state index in [2.05, 4.69) is 108 Å². The first kappa shape index (κ1) is 24.2. The molecule has 0 amide bonds. The molecule has 0 bridgehead atoms. The molecular formula is C38H19N3S2. The van der Waals surface area contributed by atoms with Crippen molar-refractivity contribution in [3.05, 3.63) is 126 Å². The van der Waals surface area contributed by atoms with Crippen molar-refractivity contribution in [3.8, 4) is 29.0 Å². The van der Waals surface area contributed by atoms with Gasteiger partial charge in [-0.15, -0.1) is 22.7 Å². The minimum atomic E-state index is 0.634. The van der Waals surface area contributed by atoms with Crippen LogP contribution in [-0.4, -0.2) is 4.57 Å². The van der Waals surface area contributed by atoms with Gasteiger partial charge >= 0.3 is 0 Å². The molecule has 0 aliphatic rings. The monoisotopic (exact) mass is 581 g/mol. The molecule has 6 aromatic carbocycles. The zero-order valence-corrected chi connectivity index (χ0v) is 24.3. The number of nitriles is 2.